The van der Waals surface area contributed by atoms with E-state index in [4.69, 9.17) is 0 Å². The van der Waals surface area contributed by atoms with Crippen molar-refractivity contribution in [2.75, 3.05) is 0 Å². The molecule has 4 radical (unpaired) electrons. The Morgan fingerprint density at radius 3 is 1.00 bits per heavy atom. The first-order valence-electron chi connectivity index (χ1n) is 1.41. The Hall–Kier alpha value is 0.223. The summed E-state index contributed by atoms with van der Waals surface area (Å²) >= 11 is 0. The van der Waals surface area contributed by atoms with E-state index in [1.807, 2.05) is 0 Å². The molecular formula is C2F4GeO. The first-order chi connectivity index (χ1) is 2.96. The first-order valence-corrected chi connectivity index (χ1v) is 1.41. The molecule has 0 amide bonds. The number of hydrogen-bond donors (Lipinski definition) is 0. The van der Waals surface area contributed by atoms with Gasteiger partial charge in [-0.2, -0.15) is 17.6 Å². The van der Waals surface area contributed by atoms with Crippen LogP contribution >= 0.6 is 0 Å². The molecular weight excluding hydrogens is 189 g/mol. The molecule has 0 atom stereocenters. The molecule has 0 aromatic heterocycles. The zero-order chi connectivity index (χ0) is 5.71. The normalized spacial score (nSPS) is 28.5. The summed E-state index contributed by atoms with van der Waals surface area (Å²) in [6.07, 6.45) is -8.38. The maximum atomic E-state index is 10.9. The van der Waals surface area contributed by atoms with Gasteiger partial charge in [-0.3, -0.25) is 0 Å². The molecule has 6 heteroatoms. The van der Waals surface area contributed by atoms with Gasteiger partial charge in [-0.1, -0.05) is 0 Å². The maximum Gasteiger partial charge on any atom is 0.453 e. The van der Waals surface area contributed by atoms with Gasteiger partial charge in [0.2, 0.25) is 0 Å². The average molecular weight is 189 g/mol. The van der Waals surface area contributed by atoms with Gasteiger partial charge in [0.25, 0.3) is 0 Å². The molecule has 1 aliphatic heterocycles. The van der Waals surface area contributed by atoms with Gasteiger partial charge in [0.15, 0.2) is 0 Å². The third-order valence-electron chi connectivity index (χ3n) is 0.554. The Labute approximate surface area is 53.0 Å². The SMILES string of the molecule is FC1(F)OC1(F)F.[Ge]. The van der Waals surface area contributed by atoms with E-state index in [2.05, 4.69) is 4.74 Å². The van der Waals surface area contributed by atoms with E-state index >= 15 is 0 Å². The number of hydrogen-bond acceptors (Lipinski definition) is 1. The molecule has 0 N–H and O–H groups in total. The van der Waals surface area contributed by atoms with Crippen LogP contribution in [0.5, 0.6) is 0 Å². The molecule has 1 rings (SSSR count). The van der Waals surface area contributed by atoms with Crippen molar-refractivity contribution in [2.24, 2.45) is 0 Å². The van der Waals surface area contributed by atoms with Crippen molar-refractivity contribution in [3.63, 3.8) is 0 Å². The third kappa shape index (κ3) is 0.971. The summed E-state index contributed by atoms with van der Waals surface area (Å²) in [6, 6.07) is 0. The topological polar surface area (TPSA) is 12.5 Å². The minimum atomic E-state index is -4.19. The van der Waals surface area contributed by atoms with Crippen molar-refractivity contribution in [1.82, 2.24) is 0 Å². The minimum Gasteiger partial charge on any atom is -0.241 e. The quantitative estimate of drug-likeness (QED) is 0.312. The predicted octanol–water partition coefficient (Wildman–Crippen LogP) is 0.821. The third-order valence-corrected chi connectivity index (χ3v) is 0.554. The Morgan fingerprint density at radius 1 is 0.875 bits per heavy atom. The molecule has 1 fully saturated rings. The van der Waals surface area contributed by atoms with Crippen molar-refractivity contribution < 1.29 is 22.3 Å². The van der Waals surface area contributed by atoms with Crippen LogP contribution in [0.2, 0.25) is 0 Å². The van der Waals surface area contributed by atoms with Crippen LogP contribution in [0, 0.1) is 0 Å². The van der Waals surface area contributed by atoms with E-state index < -0.39 is 12.2 Å². The van der Waals surface area contributed by atoms with Crippen LogP contribution in [-0.4, -0.2) is 29.8 Å². The van der Waals surface area contributed by atoms with Gasteiger partial charge in [0, 0.05) is 17.6 Å². The van der Waals surface area contributed by atoms with Crippen LogP contribution in [0.15, 0.2) is 0 Å². The molecule has 0 spiro atoms. The summed E-state index contributed by atoms with van der Waals surface area (Å²) in [5, 5.41) is 0. The van der Waals surface area contributed by atoms with Gasteiger partial charge in [-0.05, 0) is 0 Å². The van der Waals surface area contributed by atoms with Crippen molar-refractivity contribution in [3.05, 3.63) is 0 Å². The first kappa shape index (κ1) is 8.22. The number of rotatable bonds is 0. The Kier molecular flexibility index (Phi) is 1.64. The molecule has 1 heterocycles. The van der Waals surface area contributed by atoms with Crippen LogP contribution < -0.4 is 0 Å². The zero-order valence-corrected chi connectivity index (χ0v) is 5.52. The molecule has 0 unspecified atom stereocenters. The van der Waals surface area contributed by atoms with E-state index in [0.29, 0.717) is 0 Å². The number of ether oxygens (including phenoxy) is 1. The molecule has 1 nitrogen and oxygen atoms in total. The van der Waals surface area contributed by atoms with Crippen molar-refractivity contribution >= 4 is 17.6 Å². The summed E-state index contributed by atoms with van der Waals surface area (Å²) < 4.78 is 46.4. The number of alkyl halides is 4. The molecule has 46 valence electrons. The molecule has 1 saturated heterocycles. The second kappa shape index (κ2) is 1.60. The molecule has 0 aromatic rings. The minimum absolute atomic E-state index is 0. The van der Waals surface area contributed by atoms with Gasteiger partial charge in [-0.25, -0.2) is 4.74 Å². The fraction of sp³-hybridized carbons (Fsp3) is 1.00. The van der Waals surface area contributed by atoms with E-state index in [-0.39, 0.29) is 17.6 Å². The average Bonchev–Trinajstić information content (AvgIpc) is 1.63. The second-order valence-electron chi connectivity index (χ2n) is 1.14. The summed E-state index contributed by atoms with van der Waals surface area (Å²) in [7, 11) is 0. The van der Waals surface area contributed by atoms with Crippen molar-refractivity contribution in [1.29, 1.82) is 0 Å². The van der Waals surface area contributed by atoms with Gasteiger partial charge < -0.3 is 0 Å². The fourth-order valence-corrected chi connectivity index (χ4v) is 0.135. The molecule has 0 aromatic carbocycles. The van der Waals surface area contributed by atoms with Crippen molar-refractivity contribution in [3.8, 4) is 0 Å². The van der Waals surface area contributed by atoms with E-state index in [9.17, 15) is 17.6 Å². The molecule has 0 bridgehead atoms. The van der Waals surface area contributed by atoms with Gasteiger partial charge in [0.1, 0.15) is 0 Å². The van der Waals surface area contributed by atoms with Gasteiger partial charge in [-0.15, -0.1) is 0 Å². The van der Waals surface area contributed by atoms with E-state index in [0.717, 1.165) is 0 Å². The van der Waals surface area contributed by atoms with E-state index in [1.54, 1.807) is 0 Å². The maximum absolute atomic E-state index is 10.9. The Morgan fingerprint density at radius 2 is 1.00 bits per heavy atom. The summed E-state index contributed by atoms with van der Waals surface area (Å²) in [4.78, 5) is 0. The zero-order valence-electron chi connectivity index (χ0n) is 3.42. The largest absolute Gasteiger partial charge is 0.453 e. The summed E-state index contributed by atoms with van der Waals surface area (Å²) in [5.74, 6) is 0. The molecule has 0 aliphatic carbocycles. The summed E-state index contributed by atoms with van der Waals surface area (Å²) in [6.45, 7) is 0. The van der Waals surface area contributed by atoms with Crippen molar-refractivity contribution in [2.45, 2.75) is 12.2 Å². The smallest absolute Gasteiger partial charge is 0.241 e. The predicted molar refractivity (Wildman–Crippen MR) is 16.7 cm³/mol. The number of halogens is 4. The molecule has 0 saturated carbocycles. The van der Waals surface area contributed by atoms with Crippen LogP contribution in [0.25, 0.3) is 0 Å². The van der Waals surface area contributed by atoms with Crippen LogP contribution in [-0.2, 0) is 4.74 Å². The standard InChI is InChI=1S/C2F4O.Ge/c3-1(4)2(5,6)7-1;. The van der Waals surface area contributed by atoms with E-state index in [1.165, 1.54) is 0 Å². The monoisotopic (exact) mass is 190 g/mol. The van der Waals surface area contributed by atoms with Gasteiger partial charge >= 0.3 is 12.2 Å². The summed E-state index contributed by atoms with van der Waals surface area (Å²) in [5.41, 5.74) is 0. The Bertz CT molecular complexity index is 90.2. The van der Waals surface area contributed by atoms with Crippen LogP contribution in [0.4, 0.5) is 17.6 Å². The van der Waals surface area contributed by atoms with Crippen LogP contribution in [0.1, 0.15) is 0 Å². The second-order valence-corrected chi connectivity index (χ2v) is 1.14. The number of epoxide rings is 1. The molecule has 1 aliphatic rings. The fourth-order valence-electron chi connectivity index (χ4n) is 0.135. The molecule has 8 heavy (non-hydrogen) atoms. The Balaban J connectivity index is 0.000000490. The van der Waals surface area contributed by atoms with Gasteiger partial charge in [0.05, 0.1) is 0 Å². The van der Waals surface area contributed by atoms with Crippen LogP contribution in [0.3, 0.4) is 0 Å².